The van der Waals surface area contributed by atoms with Crippen LogP contribution in [0.2, 0.25) is 0 Å². The van der Waals surface area contributed by atoms with Crippen LogP contribution in [0.4, 0.5) is 4.79 Å². The average Bonchev–Trinajstić information content (AvgIpc) is 2.26. The monoisotopic (exact) mass is 213 g/mol. The summed E-state index contributed by atoms with van der Waals surface area (Å²) >= 11 is 0. The van der Waals surface area contributed by atoms with Crippen molar-refractivity contribution in [3.8, 4) is 0 Å². The van der Waals surface area contributed by atoms with Crippen molar-refractivity contribution in [3.63, 3.8) is 0 Å². The first-order valence-electron chi connectivity index (χ1n) is 6.01. The molecule has 0 aromatic heterocycles. The summed E-state index contributed by atoms with van der Waals surface area (Å²) in [7, 11) is 1.86. The largest absolute Gasteiger partial charge is 0.449 e. The van der Waals surface area contributed by atoms with Crippen molar-refractivity contribution >= 4 is 6.09 Å². The van der Waals surface area contributed by atoms with E-state index in [0.717, 1.165) is 12.8 Å². The molecule has 0 aromatic rings. The van der Waals surface area contributed by atoms with Gasteiger partial charge in [-0.05, 0) is 18.8 Å². The molecule has 15 heavy (non-hydrogen) atoms. The third-order valence-corrected chi connectivity index (χ3v) is 2.95. The van der Waals surface area contributed by atoms with E-state index in [-0.39, 0.29) is 6.09 Å². The predicted octanol–water partition coefficient (Wildman–Crippen LogP) is 3.04. The van der Waals surface area contributed by atoms with Crippen molar-refractivity contribution in [2.45, 2.75) is 52.0 Å². The summed E-state index contributed by atoms with van der Waals surface area (Å²) in [6.45, 7) is 4.62. The van der Waals surface area contributed by atoms with Gasteiger partial charge in [-0.2, -0.15) is 0 Å². The summed E-state index contributed by atoms with van der Waals surface area (Å²) in [5.41, 5.74) is 0. The Bertz CT molecular complexity index is 198. The van der Waals surface area contributed by atoms with E-state index in [1.165, 1.54) is 19.3 Å². The molecule has 1 rings (SSSR count). The molecule has 1 aliphatic carbocycles. The summed E-state index contributed by atoms with van der Waals surface area (Å²) < 4.78 is 5.21. The lowest BCUT2D eigenvalue weighted by Crippen LogP contribution is -2.39. The topological polar surface area (TPSA) is 29.5 Å². The molecule has 0 atom stereocenters. The highest BCUT2D eigenvalue weighted by Gasteiger charge is 2.22. The molecule has 0 unspecified atom stereocenters. The lowest BCUT2D eigenvalue weighted by atomic mass is 9.95. The summed E-state index contributed by atoms with van der Waals surface area (Å²) in [4.78, 5) is 13.4. The number of rotatable bonds is 3. The normalized spacial score (nSPS) is 17.9. The average molecular weight is 213 g/mol. The Labute approximate surface area is 92.8 Å². The number of carbonyl (C=O) groups excluding carboxylic acids is 1. The standard InChI is InChI=1S/C12H23NO2/c1-10(2)9-15-12(14)13(3)11-7-5-4-6-8-11/h10-11H,4-9H2,1-3H3. The van der Waals surface area contributed by atoms with E-state index in [1.54, 1.807) is 4.90 Å². The zero-order valence-corrected chi connectivity index (χ0v) is 10.2. The number of amides is 1. The molecule has 3 nitrogen and oxygen atoms in total. The fourth-order valence-corrected chi connectivity index (χ4v) is 1.96. The van der Waals surface area contributed by atoms with Gasteiger partial charge in [-0.15, -0.1) is 0 Å². The Morgan fingerprint density at radius 3 is 2.47 bits per heavy atom. The SMILES string of the molecule is CC(C)COC(=O)N(C)C1CCCCC1. The molecular weight excluding hydrogens is 190 g/mol. The van der Waals surface area contributed by atoms with E-state index in [4.69, 9.17) is 4.74 Å². The Morgan fingerprint density at radius 1 is 1.33 bits per heavy atom. The number of carbonyl (C=O) groups is 1. The maximum Gasteiger partial charge on any atom is 0.409 e. The molecule has 1 fully saturated rings. The highest BCUT2D eigenvalue weighted by atomic mass is 16.6. The van der Waals surface area contributed by atoms with Crippen molar-refractivity contribution in [2.75, 3.05) is 13.7 Å². The third kappa shape index (κ3) is 4.10. The summed E-state index contributed by atoms with van der Waals surface area (Å²) in [5.74, 6) is 0.411. The van der Waals surface area contributed by atoms with Crippen LogP contribution < -0.4 is 0 Å². The molecule has 0 heterocycles. The van der Waals surface area contributed by atoms with Crippen molar-refractivity contribution in [1.82, 2.24) is 4.90 Å². The van der Waals surface area contributed by atoms with Crippen LogP contribution in [0, 0.1) is 5.92 Å². The highest BCUT2D eigenvalue weighted by molar-refractivity contribution is 5.67. The lowest BCUT2D eigenvalue weighted by Gasteiger charge is -2.30. The van der Waals surface area contributed by atoms with Crippen molar-refractivity contribution in [1.29, 1.82) is 0 Å². The van der Waals surface area contributed by atoms with Crippen LogP contribution in [0.3, 0.4) is 0 Å². The van der Waals surface area contributed by atoms with E-state index in [9.17, 15) is 4.79 Å². The molecular formula is C12H23NO2. The molecule has 1 saturated carbocycles. The van der Waals surface area contributed by atoms with Crippen LogP contribution in [-0.4, -0.2) is 30.7 Å². The maximum atomic E-state index is 11.7. The van der Waals surface area contributed by atoms with Gasteiger partial charge in [0.05, 0.1) is 6.61 Å². The smallest absolute Gasteiger partial charge is 0.409 e. The second-order valence-electron chi connectivity index (χ2n) is 4.87. The molecule has 0 aromatic carbocycles. The first kappa shape index (κ1) is 12.3. The molecule has 0 spiro atoms. The zero-order chi connectivity index (χ0) is 11.3. The number of nitrogens with zero attached hydrogens (tertiary/aromatic N) is 1. The summed E-state index contributed by atoms with van der Waals surface area (Å²) in [5, 5.41) is 0. The molecule has 0 aliphatic heterocycles. The van der Waals surface area contributed by atoms with Crippen molar-refractivity contribution < 1.29 is 9.53 Å². The van der Waals surface area contributed by atoms with Crippen LogP contribution in [0.15, 0.2) is 0 Å². The van der Waals surface area contributed by atoms with Crippen LogP contribution >= 0.6 is 0 Å². The van der Waals surface area contributed by atoms with Gasteiger partial charge in [-0.1, -0.05) is 33.1 Å². The van der Waals surface area contributed by atoms with Gasteiger partial charge in [0.25, 0.3) is 0 Å². The molecule has 1 aliphatic rings. The van der Waals surface area contributed by atoms with Gasteiger partial charge in [0.1, 0.15) is 0 Å². The van der Waals surface area contributed by atoms with Gasteiger partial charge < -0.3 is 9.64 Å². The first-order valence-corrected chi connectivity index (χ1v) is 6.01. The summed E-state index contributed by atoms with van der Waals surface area (Å²) in [6, 6.07) is 0.401. The van der Waals surface area contributed by atoms with Gasteiger partial charge in [0.15, 0.2) is 0 Å². The highest BCUT2D eigenvalue weighted by Crippen LogP contribution is 2.22. The lowest BCUT2D eigenvalue weighted by molar-refractivity contribution is 0.0802. The molecule has 88 valence electrons. The molecule has 0 radical (unpaired) electrons. The van der Waals surface area contributed by atoms with Crippen LogP contribution in [0.25, 0.3) is 0 Å². The molecule has 0 N–H and O–H groups in total. The maximum absolute atomic E-state index is 11.7. The number of hydrogen-bond acceptors (Lipinski definition) is 2. The van der Waals surface area contributed by atoms with E-state index in [0.29, 0.717) is 18.6 Å². The fourth-order valence-electron chi connectivity index (χ4n) is 1.96. The van der Waals surface area contributed by atoms with Crippen molar-refractivity contribution in [2.24, 2.45) is 5.92 Å². The Hall–Kier alpha value is -0.730. The van der Waals surface area contributed by atoms with Gasteiger partial charge in [0.2, 0.25) is 0 Å². The minimum absolute atomic E-state index is 0.157. The minimum atomic E-state index is -0.157. The van der Waals surface area contributed by atoms with Crippen LogP contribution in [-0.2, 0) is 4.74 Å². The predicted molar refractivity (Wildman–Crippen MR) is 60.8 cm³/mol. The van der Waals surface area contributed by atoms with E-state index < -0.39 is 0 Å². The van der Waals surface area contributed by atoms with E-state index >= 15 is 0 Å². The van der Waals surface area contributed by atoms with Crippen molar-refractivity contribution in [3.05, 3.63) is 0 Å². The fraction of sp³-hybridized carbons (Fsp3) is 0.917. The Kier molecular flexibility index (Phi) is 4.92. The number of hydrogen-bond donors (Lipinski definition) is 0. The molecule has 1 amide bonds. The van der Waals surface area contributed by atoms with Gasteiger partial charge in [-0.25, -0.2) is 4.79 Å². The van der Waals surface area contributed by atoms with E-state index in [1.807, 2.05) is 20.9 Å². The van der Waals surface area contributed by atoms with Gasteiger partial charge >= 0.3 is 6.09 Å². The van der Waals surface area contributed by atoms with Gasteiger partial charge in [0, 0.05) is 13.1 Å². The van der Waals surface area contributed by atoms with E-state index in [2.05, 4.69) is 0 Å². The minimum Gasteiger partial charge on any atom is -0.449 e. The number of ether oxygens (including phenoxy) is 1. The van der Waals surface area contributed by atoms with Crippen LogP contribution in [0.1, 0.15) is 46.0 Å². The third-order valence-electron chi connectivity index (χ3n) is 2.95. The quantitative estimate of drug-likeness (QED) is 0.721. The van der Waals surface area contributed by atoms with Crippen LogP contribution in [0.5, 0.6) is 0 Å². The second-order valence-corrected chi connectivity index (χ2v) is 4.87. The molecule has 3 heteroatoms. The van der Waals surface area contributed by atoms with Gasteiger partial charge in [-0.3, -0.25) is 0 Å². The first-order chi connectivity index (χ1) is 7.11. The molecule has 0 saturated heterocycles. The zero-order valence-electron chi connectivity index (χ0n) is 10.2. The summed E-state index contributed by atoms with van der Waals surface area (Å²) in [6.07, 6.45) is 5.90. The second kappa shape index (κ2) is 5.99. The molecule has 0 bridgehead atoms. The Balaban J connectivity index is 2.30. The Morgan fingerprint density at radius 2 is 1.93 bits per heavy atom.